The van der Waals surface area contributed by atoms with E-state index < -0.39 is 0 Å². The summed E-state index contributed by atoms with van der Waals surface area (Å²) >= 11 is 2.31. The van der Waals surface area contributed by atoms with E-state index in [4.69, 9.17) is 4.74 Å². The Labute approximate surface area is 80.9 Å². The van der Waals surface area contributed by atoms with Crippen LogP contribution in [0.2, 0.25) is 0 Å². The first-order chi connectivity index (χ1) is 5.24. The van der Waals surface area contributed by atoms with Gasteiger partial charge in [0.1, 0.15) is 5.75 Å². The molecule has 0 unspecified atom stereocenters. The van der Waals surface area contributed by atoms with Crippen LogP contribution in [0.1, 0.15) is 12.5 Å². The van der Waals surface area contributed by atoms with Crippen molar-refractivity contribution in [3.05, 3.63) is 27.3 Å². The van der Waals surface area contributed by atoms with E-state index in [1.54, 1.807) is 0 Å². The second-order valence-corrected chi connectivity index (χ2v) is 3.51. The molecule has 0 aromatic heterocycles. The second kappa shape index (κ2) is 3.95. The zero-order valence-electron chi connectivity index (χ0n) is 6.73. The fourth-order valence-corrected chi connectivity index (χ4v) is 1.21. The van der Waals surface area contributed by atoms with Crippen LogP contribution in [-0.4, -0.2) is 6.61 Å². The maximum atomic E-state index is 5.34. The Bertz CT molecular complexity index is 245. The van der Waals surface area contributed by atoms with Crippen LogP contribution in [0.4, 0.5) is 0 Å². The predicted molar refractivity (Wildman–Crippen MR) is 55.1 cm³/mol. The molecule has 11 heavy (non-hydrogen) atoms. The normalized spacial score (nSPS) is 9.73. The smallest absolute Gasteiger partial charge is 0.119 e. The van der Waals surface area contributed by atoms with Gasteiger partial charge in [-0.15, -0.1) is 0 Å². The molecule has 0 fully saturated rings. The van der Waals surface area contributed by atoms with Crippen LogP contribution in [0.5, 0.6) is 5.75 Å². The number of aryl methyl sites for hydroxylation is 1. The van der Waals surface area contributed by atoms with Crippen molar-refractivity contribution < 1.29 is 4.74 Å². The van der Waals surface area contributed by atoms with Gasteiger partial charge >= 0.3 is 0 Å². The SMILES string of the molecule is CCOc1ccc(I)c(C)c1. The minimum absolute atomic E-state index is 0.736. The van der Waals surface area contributed by atoms with Gasteiger partial charge in [0, 0.05) is 3.57 Å². The number of hydrogen-bond acceptors (Lipinski definition) is 1. The monoisotopic (exact) mass is 262 g/mol. The first kappa shape index (κ1) is 8.84. The second-order valence-electron chi connectivity index (χ2n) is 2.34. The van der Waals surface area contributed by atoms with E-state index >= 15 is 0 Å². The van der Waals surface area contributed by atoms with E-state index in [9.17, 15) is 0 Å². The van der Waals surface area contributed by atoms with Crippen LogP contribution in [0, 0.1) is 10.5 Å². The summed E-state index contributed by atoms with van der Waals surface area (Å²) in [4.78, 5) is 0. The molecule has 2 heteroatoms. The molecule has 0 aliphatic rings. The van der Waals surface area contributed by atoms with Gasteiger partial charge in [-0.1, -0.05) is 0 Å². The molecule has 1 rings (SSSR count). The molecule has 0 spiro atoms. The highest BCUT2D eigenvalue weighted by molar-refractivity contribution is 14.1. The summed E-state index contributed by atoms with van der Waals surface area (Å²) in [5.74, 6) is 0.963. The standard InChI is InChI=1S/C9H11IO/c1-3-11-8-4-5-9(10)7(2)6-8/h4-6H,3H2,1-2H3. The van der Waals surface area contributed by atoms with Crippen LogP contribution < -0.4 is 4.74 Å². The van der Waals surface area contributed by atoms with Crippen molar-refractivity contribution in [2.75, 3.05) is 6.61 Å². The van der Waals surface area contributed by atoms with Gasteiger partial charge in [0.05, 0.1) is 6.61 Å². The minimum atomic E-state index is 0.736. The van der Waals surface area contributed by atoms with E-state index in [0.29, 0.717) is 0 Å². The topological polar surface area (TPSA) is 9.23 Å². The number of halogens is 1. The van der Waals surface area contributed by atoms with Gasteiger partial charge in [0.15, 0.2) is 0 Å². The minimum Gasteiger partial charge on any atom is -0.494 e. The van der Waals surface area contributed by atoms with Crippen molar-refractivity contribution in [2.45, 2.75) is 13.8 Å². The molecule has 0 saturated carbocycles. The zero-order chi connectivity index (χ0) is 8.27. The van der Waals surface area contributed by atoms with E-state index in [1.165, 1.54) is 9.13 Å². The molecule has 60 valence electrons. The lowest BCUT2D eigenvalue weighted by atomic mass is 10.2. The predicted octanol–water partition coefficient (Wildman–Crippen LogP) is 3.00. The van der Waals surface area contributed by atoms with E-state index in [2.05, 4.69) is 41.6 Å². The summed E-state index contributed by atoms with van der Waals surface area (Å²) in [6.45, 7) is 4.82. The van der Waals surface area contributed by atoms with Crippen LogP contribution in [0.15, 0.2) is 18.2 Å². The number of benzene rings is 1. The van der Waals surface area contributed by atoms with Crippen LogP contribution in [-0.2, 0) is 0 Å². The molecule has 0 atom stereocenters. The lowest BCUT2D eigenvalue weighted by Gasteiger charge is -2.04. The summed E-state index contributed by atoms with van der Waals surface area (Å²) in [7, 11) is 0. The average molecular weight is 262 g/mol. The van der Waals surface area contributed by atoms with Crippen molar-refractivity contribution in [3.63, 3.8) is 0 Å². The quantitative estimate of drug-likeness (QED) is 0.744. The maximum absolute atomic E-state index is 5.34. The summed E-state index contributed by atoms with van der Waals surface area (Å²) in [6, 6.07) is 6.13. The van der Waals surface area contributed by atoms with Gasteiger partial charge < -0.3 is 4.74 Å². The fraction of sp³-hybridized carbons (Fsp3) is 0.333. The van der Waals surface area contributed by atoms with Gasteiger partial charge in [-0.05, 0) is 60.2 Å². The molecule has 1 aromatic rings. The third-order valence-corrected chi connectivity index (χ3v) is 2.65. The Kier molecular flexibility index (Phi) is 3.17. The summed E-state index contributed by atoms with van der Waals surface area (Å²) in [6.07, 6.45) is 0. The molecule has 1 nitrogen and oxygen atoms in total. The summed E-state index contributed by atoms with van der Waals surface area (Å²) in [5.41, 5.74) is 1.27. The molecule has 0 heterocycles. The molecule has 0 amide bonds. The Balaban J connectivity index is 2.86. The fourth-order valence-electron chi connectivity index (χ4n) is 0.874. The van der Waals surface area contributed by atoms with Gasteiger partial charge in [-0.25, -0.2) is 0 Å². The molecule has 0 aliphatic carbocycles. The summed E-state index contributed by atoms with van der Waals surface area (Å²) in [5, 5.41) is 0. The first-order valence-corrected chi connectivity index (χ1v) is 4.71. The van der Waals surface area contributed by atoms with Crippen LogP contribution in [0.25, 0.3) is 0 Å². The summed E-state index contributed by atoms with van der Waals surface area (Å²) < 4.78 is 6.62. The molecule has 0 N–H and O–H groups in total. The Morgan fingerprint density at radius 1 is 1.45 bits per heavy atom. The number of rotatable bonds is 2. The first-order valence-electron chi connectivity index (χ1n) is 3.63. The van der Waals surface area contributed by atoms with E-state index in [1.807, 2.05) is 13.0 Å². The van der Waals surface area contributed by atoms with Crippen molar-refractivity contribution in [1.82, 2.24) is 0 Å². The lowest BCUT2D eigenvalue weighted by Crippen LogP contribution is -1.91. The van der Waals surface area contributed by atoms with E-state index in [0.717, 1.165) is 12.4 Å². The lowest BCUT2D eigenvalue weighted by molar-refractivity contribution is 0.340. The Morgan fingerprint density at radius 3 is 2.73 bits per heavy atom. The Morgan fingerprint density at radius 2 is 2.18 bits per heavy atom. The number of ether oxygens (including phenoxy) is 1. The van der Waals surface area contributed by atoms with Gasteiger partial charge in [-0.3, -0.25) is 0 Å². The highest BCUT2D eigenvalue weighted by Gasteiger charge is 1.95. The molecule has 1 aromatic carbocycles. The molecule has 0 bridgehead atoms. The third kappa shape index (κ3) is 2.36. The van der Waals surface area contributed by atoms with Gasteiger partial charge in [-0.2, -0.15) is 0 Å². The Hall–Kier alpha value is -0.250. The number of hydrogen-bond donors (Lipinski definition) is 0. The molecular formula is C9H11IO. The molecule has 0 saturated heterocycles. The van der Waals surface area contributed by atoms with Crippen molar-refractivity contribution in [1.29, 1.82) is 0 Å². The average Bonchev–Trinajstić information content (AvgIpc) is 1.98. The van der Waals surface area contributed by atoms with Gasteiger partial charge in [0.25, 0.3) is 0 Å². The van der Waals surface area contributed by atoms with E-state index in [-0.39, 0.29) is 0 Å². The highest BCUT2D eigenvalue weighted by Crippen LogP contribution is 2.18. The van der Waals surface area contributed by atoms with Gasteiger partial charge in [0.2, 0.25) is 0 Å². The molecular weight excluding hydrogens is 251 g/mol. The van der Waals surface area contributed by atoms with Crippen LogP contribution >= 0.6 is 22.6 Å². The van der Waals surface area contributed by atoms with Crippen molar-refractivity contribution in [2.24, 2.45) is 0 Å². The highest BCUT2D eigenvalue weighted by atomic mass is 127. The van der Waals surface area contributed by atoms with Crippen molar-refractivity contribution in [3.8, 4) is 5.75 Å². The zero-order valence-corrected chi connectivity index (χ0v) is 8.88. The molecule has 0 radical (unpaired) electrons. The van der Waals surface area contributed by atoms with Crippen LogP contribution in [0.3, 0.4) is 0 Å². The van der Waals surface area contributed by atoms with Crippen molar-refractivity contribution >= 4 is 22.6 Å². The maximum Gasteiger partial charge on any atom is 0.119 e. The third-order valence-electron chi connectivity index (χ3n) is 1.44. The molecule has 0 aliphatic heterocycles. The largest absolute Gasteiger partial charge is 0.494 e.